The number of carbonyl (C=O) groups is 1. The molecule has 6 nitrogen and oxygen atoms in total. The summed E-state index contributed by atoms with van der Waals surface area (Å²) in [5.41, 5.74) is 3.77. The number of hydrogen-bond donors (Lipinski definition) is 1. The van der Waals surface area contributed by atoms with Gasteiger partial charge >= 0.3 is 0 Å². The quantitative estimate of drug-likeness (QED) is 0.408. The number of aromatic nitrogens is 2. The smallest absolute Gasteiger partial charge is 0.226 e. The van der Waals surface area contributed by atoms with Crippen LogP contribution in [-0.4, -0.2) is 59.8 Å². The number of morpholine rings is 1. The van der Waals surface area contributed by atoms with Gasteiger partial charge in [-0.05, 0) is 35.9 Å². The number of ether oxygens (including phenoxy) is 1. The molecule has 1 fully saturated rings. The molecule has 2 aromatic heterocycles. The fraction of sp³-hybridized carbons (Fsp3) is 0.308. The molecule has 0 radical (unpaired) electrons. The normalized spacial score (nSPS) is 14.6. The second-order valence-corrected chi connectivity index (χ2v) is 9.36. The van der Waals surface area contributed by atoms with Crippen molar-refractivity contribution in [3.05, 3.63) is 76.0 Å². The van der Waals surface area contributed by atoms with Crippen LogP contribution >= 0.6 is 23.2 Å². The molecule has 1 saturated heterocycles. The molecule has 3 heterocycles. The Kier molecular flexibility index (Phi) is 7.02. The highest BCUT2D eigenvalue weighted by Gasteiger charge is 2.15. The zero-order chi connectivity index (χ0) is 23.5. The van der Waals surface area contributed by atoms with E-state index in [0.717, 1.165) is 65.9 Å². The van der Waals surface area contributed by atoms with Crippen molar-refractivity contribution in [2.45, 2.75) is 13.0 Å². The highest BCUT2D eigenvalue weighted by molar-refractivity contribution is 6.33. The molecule has 0 aliphatic carbocycles. The summed E-state index contributed by atoms with van der Waals surface area (Å²) in [6.45, 7) is 5.38. The lowest BCUT2D eigenvalue weighted by molar-refractivity contribution is -0.120. The average Bonchev–Trinajstić information content (AvgIpc) is 3.15. The number of benzene rings is 2. The van der Waals surface area contributed by atoms with Crippen LogP contribution in [0.3, 0.4) is 0 Å². The van der Waals surface area contributed by atoms with Gasteiger partial charge in [-0.3, -0.25) is 14.7 Å². The number of fused-ring (bicyclic) bond motifs is 3. The molecule has 1 aliphatic rings. The van der Waals surface area contributed by atoms with Crippen molar-refractivity contribution in [2.75, 3.05) is 39.4 Å². The summed E-state index contributed by atoms with van der Waals surface area (Å²) in [5.74, 6) is -0.0189. The number of halogens is 2. The van der Waals surface area contributed by atoms with Gasteiger partial charge in [0.2, 0.25) is 5.91 Å². The van der Waals surface area contributed by atoms with Crippen molar-refractivity contribution in [2.24, 2.45) is 0 Å². The first-order valence-corrected chi connectivity index (χ1v) is 12.2. The molecule has 176 valence electrons. The van der Waals surface area contributed by atoms with Crippen molar-refractivity contribution < 1.29 is 9.53 Å². The first-order chi connectivity index (χ1) is 16.6. The molecule has 0 atom stereocenters. The topological polar surface area (TPSA) is 59.4 Å². The fourth-order valence-corrected chi connectivity index (χ4v) is 4.87. The van der Waals surface area contributed by atoms with Crippen LogP contribution in [-0.2, 0) is 22.5 Å². The van der Waals surface area contributed by atoms with Crippen LogP contribution in [0.2, 0.25) is 10.0 Å². The van der Waals surface area contributed by atoms with Crippen molar-refractivity contribution in [3.8, 4) is 0 Å². The van der Waals surface area contributed by atoms with Gasteiger partial charge in [0.05, 0.1) is 37.0 Å². The third kappa shape index (κ3) is 5.05. The van der Waals surface area contributed by atoms with Crippen LogP contribution in [0, 0.1) is 0 Å². The molecule has 1 N–H and O–H groups in total. The molecule has 0 bridgehead atoms. The summed E-state index contributed by atoms with van der Waals surface area (Å²) in [4.78, 5) is 19.5. The minimum absolute atomic E-state index is 0.0189. The molecular weight excluding hydrogens is 471 g/mol. The molecule has 8 heteroatoms. The standard InChI is InChI=1S/C26H26Cl2N4O2/c27-19-5-6-23(28)18(13-19)17-32-24-4-2-1-3-21(24)22-14-20(30-16-25(22)32)15-26(33)29-7-8-31-9-11-34-12-10-31/h1-6,13-14,16H,7-12,15,17H2,(H,29,33). The molecule has 0 saturated carbocycles. The summed E-state index contributed by atoms with van der Waals surface area (Å²) in [5, 5.41) is 6.53. The first kappa shape index (κ1) is 23.1. The van der Waals surface area contributed by atoms with Gasteiger partial charge in [0.15, 0.2) is 0 Å². The van der Waals surface area contributed by atoms with Gasteiger partial charge in [-0.15, -0.1) is 0 Å². The number of amides is 1. The monoisotopic (exact) mass is 496 g/mol. The minimum Gasteiger partial charge on any atom is -0.379 e. The Morgan fingerprint density at radius 2 is 1.85 bits per heavy atom. The largest absolute Gasteiger partial charge is 0.379 e. The number of pyridine rings is 1. The van der Waals surface area contributed by atoms with E-state index in [1.807, 2.05) is 36.5 Å². The number of carbonyl (C=O) groups excluding carboxylic acids is 1. The summed E-state index contributed by atoms with van der Waals surface area (Å²) in [6, 6.07) is 15.8. The second-order valence-electron chi connectivity index (χ2n) is 8.51. The molecule has 5 rings (SSSR count). The SMILES string of the molecule is O=C(Cc1cc2c3ccccc3n(Cc3cc(Cl)ccc3Cl)c2cn1)NCCN1CCOCC1. The van der Waals surface area contributed by atoms with Gasteiger partial charge in [0.1, 0.15) is 0 Å². The summed E-state index contributed by atoms with van der Waals surface area (Å²) < 4.78 is 7.56. The van der Waals surface area contributed by atoms with E-state index >= 15 is 0 Å². The lowest BCUT2D eigenvalue weighted by atomic mass is 10.1. The van der Waals surface area contributed by atoms with Crippen LogP contribution in [0.25, 0.3) is 21.8 Å². The molecule has 4 aromatic rings. The van der Waals surface area contributed by atoms with E-state index in [1.165, 1.54) is 0 Å². The Morgan fingerprint density at radius 3 is 2.71 bits per heavy atom. The molecule has 2 aromatic carbocycles. The van der Waals surface area contributed by atoms with E-state index in [4.69, 9.17) is 27.9 Å². The van der Waals surface area contributed by atoms with Gasteiger partial charge in [-0.2, -0.15) is 0 Å². The van der Waals surface area contributed by atoms with Gasteiger partial charge in [0.25, 0.3) is 0 Å². The predicted molar refractivity (Wildman–Crippen MR) is 137 cm³/mol. The van der Waals surface area contributed by atoms with Crippen molar-refractivity contribution in [1.82, 2.24) is 19.8 Å². The zero-order valence-electron chi connectivity index (χ0n) is 18.8. The molecule has 0 spiro atoms. The van der Waals surface area contributed by atoms with Crippen LogP contribution in [0.15, 0.2) is 54.7 Å². The first-order valence-electron chi connectivity index (χ1n) is 11.4. The zero-order valence-corrected chi connectivity index (χ0v) is 20.3. The van der Waals surface area contributed by atoms with Gasteiger partial charge in [-0.1, -0.05) is 41.4 Å². The van der Waals surface area contributed by atoms with Gasteiger partial charge < -0.3 is 14.6 Å². The Balaban J connectivity index is 1.36. The maximum Gasteiger partial charge on any atom is 0.226 e. The van der Waals surface area contributed by atoms with E-state index in [-0.39, 0.29) is 12.3 Å². The Hall–Kier alpha value is -2.64. The van der Waals surface area contributed by atoms with Crippen LogP contribution in [0.4, 0.5) is 0 Å². The molecule has 34 heavy (non-hydrogen) atoms. The van der Waals surface area contributed by atoms with Crippen LogP contribution in [0.5, 0.6) is 0 Å². The number of rotatable bonds is 7. The van der Waals surface area contributed by atoms with E-state index in [1.54, 1.807) is 6.07 Å². The number of nitrogens with zero attached hydrogens (tertiary/aromatic N) is 3. The predicted octanol–water partition coefficient (Wildman–Crippen LogP) is 4.54. The maximum absolute atomic E-state index is 12.5. The number of para-hydroxylation sites is 1. The van der Waals surface area contributed by atoms with E-state index in [2.05, 4.69) is 31.9 Å². The second kappa shape index (κ2) is 10.3. The maximum atomic E-state index is 12.5. The number of nitrogens with one attached hydrogen (secondary N) is 1. The summed E-state index contributed by atoms with van der Waals surface area (Å²) >= 11 is 12.7. The van der Waals surface area contributed by atoms with Gasteiger partial charge in [0, 0.05) is 59.1 Å². The van der Waals surface area contributed by atoms with Crippen LogP contribution < -0.4 is 5.32 Å². The van der Waals surface area contributed by atoms with Crippen molar-refractivity contribution in [1.29, 1.82) is 0 Å². The fourth-order valence-electron chi connectivity index (χ4n) is 4.50. The third-order valence-electron chi connectivity index (χ3n) is 6.25. The lowest BCUT2D eigenvalue weighted by Gasteiger charge is -2.26. The Labute approximate surface area is 208 Å². The molecule has 0 unspecified atom stereocenters. The van der Waals surface area contributed by atoms with E-state index in [0.29, 0.717) is 23.1 Å². The Morgan fingerprint density at radius 1 is 1.03 bits per heavy atom. The van der Waals surface area contributed by atoms with E-state index in [9.17, 15) is 4.79 Å². The van der Waals surface area contributed by atoms with Crippen molar-refractivity contribution >= 4 is 50.9 Å². The van der Waals surface area contributed by atoms with Crippen LogP contribution in [0.1, 0.15) is 11.3 Å². The minimum atomic E-state index is -0.0189. The highest BCUT2D eigenvalue weighted by Crippen LogP contribution is 2.31. The molecular formula is C26H26Cl2N4O2. The number of hydrogen-bond acceptors (Lipinski definition) is 4. The average molecular weight is 497 g/mol. The highest BCUT2D eigenvalue weighted by atomic mass is 35.5. The molecule has 1 amide bonds. The third-order valence-corrected chi connectivity index (χ3v) is 6.85. The summed E-state index contributed by atoms with van der Waals surface area (Å²) in [6.07, 6.45) is 2.10. The lowest BCUT2D eigenvalue weighted by Crippen LogP contribution is -2.41. The van der Waals surface area contributed by atoms with Crippen molar-refractivity contribution in [3.63, 3.8) is 0 Å². The van der Waals surface area contributed by atoms with E-state index < -0.39 is 0 Å². The van der Waals surface area contributed by atoms with Gasteiger partial charge in [-0.25, -0.2) is 0 Å². The Bertz CT molecular complexity index is 1330. The molecule has 1 aliphatic heterocycles. The summed E-state index contributed by atoms with van der Waals surface area (Å²) in [7, 11) is 0.